The highest BCUT2D eigenvalue weighted by Gasteiger charge is 2.22. The summed E-state index contributed by atoms with van der Waals surface area (Å²) < 4.78 is -1.43. The van der Waals surface area contributed by atoms with E-state index in [1.807, 2.05) is 0 Å². The van der Waals surface area contributed by atoms with E-state index in [1.165, 1.54) is 6.07 Å². The Labute approximate surface area is 111 Å². The highest BCUT2D eigenvalue weighted by atomic mass is 35.6. The van der Waals surface area contributed by atoms with Crippen LogP contribution in [0.4, 0.5) is 0 Å². The molecule has 0 N–H and O–H groups in total. The summed E-state index contributed by atoms with van der Waals surface area (Å²) in [5.41, 5.74) is 0.543. The maximum atomic E-state index is 5.78. The second-order valence-corrected chi connectivity index (χ2v) is 6.14. The molecule has 1 rings (SSSR count). The van der Waals surface area contributed by atoms with E-state index in [0.29, 0.717) is 5.56 Å². The number of pyridine rings is 1. The van der Waals surface area contributed by atoms with Crippen LogP contribution in [0.1, 0.15) is 5.56 Å². The van der Waals surface area contributed by atoms with E-state index < -0.39 is 3.79 Å². The Morgan fingerprint density at radius 1 is 1.07 bits per heavy atom. The van der Waals surface area contributed by atoms with E-state index in [0.717, 1.165) is 0 Å². The molecule has 1 aromatic rings. The van der Waals surface area contributed by atoms with E-state index in [2.05, 4.69) is 4.98 Å². The molecule has 1 heterocycles. The zero-order valence-corrected chi connectivity index (χ0v) is 11.0. The van der Waals surface area contributed by atoms with Crippen LogP contribution in [-0.2, 0) is 6.42 Å². The number of nitrogens with zero attached hydrogens (tertiary/aromatic N) is 1. The van der Waals surface area contributed by atoms with Crippen LogP contribution < -0.4 is 0 Å². The summed E-state index contributed by atoms with van der Waals surface area (Å²) in [6, 6.07) is 1.53. The predicted octanol–water partition coefficient (Wildman–Crippen LogP) is 4.95. The second kappa shape index (κ2) is 4.82. The molecule has 0 aliphatic heterocycles. The molecule has 0 saturated heterocycles. The van der Waals surface area contributed by atoms with Gasteiger partial charge in [0.2, 0.25) is 0 Å². The Kier molecular flexibility index (Phi) is 4.46. The lowest BCUT2D eigenvalue weighted by atomic mass is 10.2. The first-order chi connectivity index (χ1) is 6.29. The van der Waals surface area contributed by atoms with Crippen molar-refractivity contribution in [3.8, 4) is 0 Å². The fourth-order valence-electron chi connectivity index (χ4n) is 0.823. The molecule has 0 fully saturated rings. The lowest BCUT2D eigenvalue weighted by molar-refractivity contribution is 1.00. The quantitative estimate of drug-likeness (QED) is 0.528. The van der Waals surface area contributed by atoms with Gasteiger partial charge in [-0.2, -0.15) is 0 Å². The SMILES string of the molecule is Clc1cc(CC(Cl)(Cl)Cl)c(Cl)nc1Cl. The molecule has 78 valence electrons. The van der Waals surface area contributed by atoms with Crippen molar-refractivity contribution in [2.24, 2.45) is 0 Å². The topological polar surface area (TPSA) is 12.9 Å². The third-order valence-corrected chi connectivity index (χ3v) is 2.75. The monoisotopic (exact) mass is 311 g/mol. The molecular weight excluding hydrogens is 311 g/mol. The van der Waals surface area contributed by atoms with E-state index in [9.17, 15) is 0 Å². The molecule has 0 unspecified atom stereocenters. The van der Waals surface area contributed by atoms with Gasteiger partial charge < -0.3 is 0 Å². The summed E-state index contributed by atoms with van der Waals surface area (Å²) in [7, 11) is 0. The van der Waals surface area contributed by atoms with Crippen molar-refractivity contribution in [3.05, 3.63) is 27.0 Å². The van der Waals surface area contributed by atoms with Crippen LogP contribution >= 0.6 is 69.6 Å². The van der Waals surface area contributed by atoms with Crippen LogP contribution in [0.15, 0.2) is 6.07 Å². The average molecular weight is 314 g/mol. The van der Waals surface area contributed by atoms with E-state index in [1.54, 1.807) is 0 Å². The highest BCUT2D eigenvalue weighted by molar-refractivity contribution is 6.67. The van der Waals surface area contributed by atoms with Crippen molar-refractivity contribution in [1.82, 2.24) is 4.98 Å². The van der Waals surface area contributed by atoms with E-state index >= 15 is 0 Å². The first kappa shape index (κ1) is 13.0. The van der Waals surface area contributed by atoms with Gasteiger partial charge in [-0.3, -0.25) is 0 Å². The summed E-state index contributed by atoms with van der Waals surface area (Å²) in [6.45, 7) is 0. The normalized spacial score (nSPS) is 11.9. The van der Waals surface area contributed by atoms with Crippen LogP contribution in [0.2, 0.25) is 15.3 Å². The van der Waals surface area contributed by atoms with Gasteiger partial charge in [-0.1, -0.05) is 69.6 Å². The molecule has 0 atom stereocenters. The van der Waals surface area contributed by atoms with Gasteiger partial charge in [0.25, 0.3) is 0 Å². The van der Waals surface area contributed by atoms with Crippen LogP contribution in [0.5, 0.6) is 0 Å². The molecular formula is C7H3Cl6N. The zero-order chi connectivity index (χ0) is 10.9. The maximum absolute atomic E-state index is 5.78. The largest absolute Gasteiger partial charge is 0.223 e. The smallest absolute Gasteiger partial charge is 0.194 e. The maximum Gasteiger partial charge on any atom is 0.194 e. The third kappa shape index (κ3) is 3.80. The summed E-state index contributed by atoms with van der Waals surface area (Å²) in [5.74, 6) is 0. The molecule has 0 aromatic carbocycles. The van der Waals surface area contributed by atoms with E-state index in [4.69, 9.17) is 69.6 Å². The Morgan fingerprint density at radius 3 is 2.14 bits per heavy atom. The molecule has 0 radical (unpaired) electrons. The molecule has 0 aliphatic rings. The number of alkyl halides is 3. The van der Waals surface area contributed by atoms with Gasteiger partial charge in [-0.05, 0) is 11.6 Å². The van der Waals surface area contributed by atoms with Crippen molar-refractivity contribution in [3.63, 3.8) is 0 Å². The van der Waals surface area contributed by atoms with Gasteiger partial charge in [-0.25, -0.2) is 4.98 Å². The standard InChI is InChI=1S/C7H3Cl6N/c8-4-1-3(2-7(11,12)13)5(9)14-6(4)10/h1H,2H2. The number of hydrogen-bond acceptors (Lipinski definition) is 1. The van der Waals surface area contributed by atoms with Crippen molar-refractivity contribution in [2.75, 3.05) is 0 Å². The fourth-order valence-corrected chi connectivity index (χ4v) is 1.82. The van der Waals surface area contributed by atoms with Gasteiger partial charge >= 0.3 is 0 Å². The zero-order valence-electron chi connectivity index (χ0n) is 6.50. The van der Waals surface area contributed by atoms with Gasteiger partial charge in [0, 0.05) is 6.42 Å². The molecule has 14 heavy (non-hydrogen) atoms. The fraction of sp³-hybridized carbons (Fsp3) is 0.286. The minimum atomic E-state index is -1.43. The number of halogens is 6. The first-order valence-corrected chi connectivity index (χ1v) is 5.63. The second-order valence-electron chi connectivity index (χ2n) is 2.50. The van der Waals surface area contributed by atoms with Crippen LogP contribution in [-0.4, -0.2) is 8.78 Å². The van der Waals surface area contributed by atoms with Gasteiger partial charge in [0.05, 0.1) is 5.02 Å². The van der Waals surface area contributed by atoms with Crippen molar-refractivity contribution < 1.29 is 0 Å². The van der Waals surface area contributed by atoms with Crippen LogP contribution in [0, 0.1) is 0 Å². The molecule has 0 bridgehead atoms. The predicted molar refractivity (Wildman–Crippen MR) is 63.3 cm³/mol. The molecule has 1 nitrogen and oxygen atoms in total. The van der Waals surface area contributed by atoms with Gasteiger partial charge in [-0.15, -0.1) is 0 Å². The van der Waals surface area contributed by atoms with Crippen molar-refractivity contribution >= 4 is 69.6 Å². The van der Waals surface area contributed by atoms with Crippen molar-refractivity contribution in [2.45, 2.75) is 10.2 Å². The molecule has 7 heteroatoms. The lowest BCUT2D eigenvalue weighted by Gasteiger charge is -2.11. The Morgan fingerprint density at radius 2 is 1.64 bits per heavy atom. The Balaban J connectivity index is 3.04. The van der Waals surface area contributed by atoms with Gasteiger partial charge in [0.15, 0.2) is 3.79 Å². The molecule has 0 amide bonds. The summed E-state index contributed by atoms with van der Waals surface area (Å²) in [6.07, 6.45) is 0.125. The number of rotatable bonds is 1. The summed E-state index contributed by atoms with van der Waals surface area (Å²) >= 11 is 33.9. The first-order valence-electron chi connectivity index (χ1n) is 3.37. The van der Waals surface area contributed by atoms with Crippen LogP contribution in [0.25, 0.3) is 0 Å². The molecule has 0 aliphatic carbocycles. The Bertz CT molecular complexity index is 345. The summed E-state index contributed by atoms with van der Waals surface area (Å²) in [4.78, 5) is 3.78. The third-order valence-electron chi connectivity index (χ3n) is 1.35. The minimum absolute atomic E-state index is 0.125. The molecule has 0 saturated carbocycles. The number of aromatic nitrogens is 1. The van der Waals surface area contributed by atoms with Gasteiger partial charge in [0.1, 0.15) is 10.3 Å². The number of hydrogen-bond donors (Lipinski definition) is 0. The van der Waals surface area contributed by atoms with Crippen molar-refractivity contribution in [1.29, 1.82) is 0 Å². The average Bonchev–Trinajstić information content (AvgIpc) is 1.97. The minimum Gasteiger partial charge on any atom is -0.223 e. The van der Waals surface area contributed by atoms with Crippen LogP contribution in [0.3, 0.4) is 0 Å². The Hall–Kier alpha value is 0.890. The highest BCUT2D eigenvalue weighted by Crippen LogP contribution is 2.34. The molecule has 0 spiro atoms. The van der Waals surface area contributed by atoms with E-state index in [-0.39, 0.29) is 21.7 Å². The summed E-state index contributed by atoms with van der Waals surface area (Å²) in [5, 5.41) is 0.593. The molecule has 1 aromatic heterocycles. The lowest BCUT2D eigenvalue weighted by Crippen LogP contribution is -2.07.